The minimum Gasteiger partial charge on any atom is -0.462 e. The van der Waals surface area contributed by atoms with Gasteiger partial charge in [-0.3, -0.25) is 14.6 Å². The van der Waals surface area contributed by atoms with Crippen molar-refractivity contribution in [1.82, 2.24) is 0 Å². The number of carbonyl (C=O) groups excluding carboxylic acids is 2. The molecule has 0 saturated heterocycles. The van der Waals surface area contributed by atoms with Gasteiger partial charge in [-0.05, 0) is 68.2 Å². The zero-order valence-corrected chi connectivity index (χ0v) is 20.9. The Morgan fingerprint density at radius 3 is 2.29 bits per heavy atom. The molecular formula is C30H34N2O3. The number of nitrogens with zero attached hydrogens (tertiary/aromatic N) is 2. The Bertz CT molecular complexity index is 1160. The highest BCUT2D eigenvalue weighted by Crippen LogP contribution is 2.47. The molecule has 3 aliphatic rings. The summed E-state index contributed by atoms with van der Waals surface area (Å²) in [7, 11) is 4.01. The minimum atomic E-state index is -0.572. The maximum atomic E-state index is 13.7. The summed E-state index contributed by atoms with van der Waals surface area (Å²) >= 11 is 0. The fourth-order valence-corrected chi connectivity index (χ4v) is 5.91. The summed E-state index contributed by atoms with van der Waals surface area (Å²) in [5, 5.41) is 0. The first-order chi connectivity index (χ1) is 16.9. The lowest BCUT2D eigenvalue weighted by Crippen LogP contribution is -2.39. The van der Waals surface area contributed by atoms with Crippen LogP contribution >= 0.6 is 0 Å². The summed E-state index contributed by atoms with van der Waals surface area (Å²) < 4.78 is 5.98. The highest BCUT2D eigenvalue weighted by Gasteiger charge is 2.45. The second-order valence-electron chi connectivity index (χ2n) is 10.3. The third-order valence-electron chi connectivity index (χ3n) is 7.77. The molecule has 0 radical (unpaired) electrons. The van der Waals surface area contributed by atoms with Gasteiger partial charge >= 0.3 is 5.97 Å². The second kappa shape index (κ2) is 9.80. The van der Waals surface area contributed by atoms with Crippen molar-refractivity contribution in [2.45, 2.75) is 63.4 Å². The summed E-state index contributed by atoms with van der Waals surface area (Å²) in [6.07, 6.45) is 5.16. The van der Waals surface area contributed by atoms with Gasteiger partial charge in [0.05, 0.1) is 0 Å². The van der Waals surface area contributed by atoms with Crippen LogP contribution in [0.3, 0.4) is 0 Å². The van der Waals surface area contributed by atoms with Gasteiger partial charge in [0, 0.05) is 49.1 Å². The fraction of sp³-hybridized carbons (Fsp3) is 0.433. The number of hydrogen-bond acceptors (Lipinski definition) is 5. The van der Waals surface area contributed by atoms with Gasteiger partial charge in [-0.15, -0.1) is 0 Å². The van der Waals surface area contributed by atoms with Gasteiger partial charge in [-0.1, -0.05) is 42.5 Å². The van der Waals surface area contributed by atoms with E-state index in [0.717, 1.165) is 53.9 Å². The molecule has 5 heteroatoms. The van der Waals surface area contributed by atoms with Crippen LogP contribution < -0.4 is 4.90 Å². The zero-order chi connectivity index (χ0) is 24.5. The van der Waals surface area contributed by atoms with E-state index in [0.29, 0.717) is 18.4 Å². The van der Waals surface area contributed by atoms with E-state index < -0.39 is 5.92 Å². The number of Topliss-reactive ketones (excluding diaryl/α,β-unsaturated/α-hetero) is 1. The Hall–Kier alpha value is -3.21. The molecule has 3 atom stereocenters. The molecule has 1 aliphatic heterocycles. The van der Waals surface area contributed by atoms with E-state index in [1.807, 2.05) is 44.1 Å². The maximum Gasteiger partial charge on any atom is 0.315 e. The Labute approximate surface area is 207 Å². The SMILES string of the molecule is CC1=NC2=C(C(=O)C[C@H](c3ccccc3)C2)[C@H](c2ccc(N(C)C)cc2)C1C(=O)OC1CCCC1. The van der Waals surface area contributed by atoms with Crippen LogP contribution in [0.4, 0.5) is 5.69 Å². The molecule has 5 rings (SSSR count). The van der Waals surface area contributed by atoms with Gasteiger partial charge in [0.15, 0.2) is 5.78 Å². The van der Waals surface area contributed by atoms with Crippen LogP contribution in [0.15, 0.2) is 70.9 Å². The number of allylic oxidation sites excluding steroid dienone is 2. The van der Waals surface area contributed by atoms with Crippen molar-refractivity contribution in [3.05, 3.63) is 77.0 Å². The highest BCUT2D eigenvalue weighted by molar-refractivity contribution is 6.09. The van der Waals surface area contributed by atoms with Crippen molar-refractivity contribution in [3.8, 4) is 0 Å². The molecule has 5 nitrogen and oxygen atoms in total. The number of hydrogen-bond donors (Lipinski definition) is 0. The Kier molecular flexibility index (Phi) is 6.59. The average Bonchev–Trinajstić information content (AvgIpc) is 3.36. The van der Waals surface area contributed by atoms with E-state index >= 15 is 0 Å². The molecule has 1 heterocycles. The molecule has 0 bridgehead atoms. The molecule has 0 N–H and O–H groups in total. The van der Waals surface area contributed by atoms with Crippen LogP contribution in [-0.2, 0) is 14.3 Å². The van der Waals surface area contributed by atoms with E-state index in [-0.39, 0.29) is 29.7 Å². The molecule has 1 saturated carbocycles. The maximum absolute atomic E-state index is 13.7. The molecule has 2 aromatic carbocycles. The second-order valence-corrected chi connectivity index (χ2v) is 10.3. The summed E-state index contributed by atoms with van der Waals surface area (Å²) in [5.41, 5.74) is 5.49. The van der Waals surface area contributed by atoms with Crippen molar-refractivity contribution in [2.75, 3.05) is 19.0 Å². The van der Waals surface area contributed by atoms with Crippen LogP contribution in [0.2, 0.25) is 0 Å². The Balaban J connectivity index is 1.54. The minimum absolute atomic E-state index is 0.0213. The lowest BCUT2D eigenvalue weighted by molar-refractivity contribution is -0.151. The third-order valence-corrected chi connectivity index (χ3v) is 7.77. The van der Waals surface area contributed by atoms with Gasteiger partial charge in [0.1, 0.15) is 12.0 Å². The highest BCUT2D eigenvalue weighted by atomic mass is 16.5. The lowest BCUT2D eigenvalue weighted by Gasteiger charge is -2.37. The number of anilines is 1. The first kappa shape index (κ1) is 23.5. The molecule has 2 aromatic rings. The number of carbonyl (C=O) groups is 2. The number of ketones is 1. The van der Waals surface area contributed by atoms with E-state index in [4.69, 9.17) is 9.73 Å². The largest absolute Gasteiger partial charge is 0.462 e. The van der Waals surface area contributed by atoms with Crippen LogP contribution in [-0.4, -0.2) is 37.7 Å². The van der Waals surface area contributed by atoms with Gasteiger partial charge in [-0.2, -0.15) is 0 Å². The topological polar surface area (TPSA) is 59.0 Å². The van der Waals surface area contributed by atoms with E-state index in [1.54, 1.807) is 0 Å². The summed E-state index contributed by atoms with van der Waals surface area (Å²) in [5.74, 6) is -0.979. The first-order valence-electron chi connectivity index (χ1n) is 12.8. The van der Waals surface area contributed by atoms with Gasteiger partial charge in [-0.25, -0.2) is 0 Å². The van der Waals surface area contributed by atoms with Crippen LogP contribution in [0, 0.1) is 5.92 Å². The number of esters is 1. The van der Waals surface area contributed by atoms with Crippen molar-refractivity contribution in [1.29, 1.82) is 0 Å². The zero-order valence-electron chi connectivity index (χ0n) is 20.9. The number of benzene rings is 2. The average molecular weight is 471 g/mol. The smallest absolute Gasteiger partial charge is 0.315 e. The van der Waals surface area contributed by atoms with Crippen LogP contribution in [0.1, 0.15) is 68.4 Å². The van der Waals surface area contributed by atoms with Crippen molar-refractivity contribution < 1.29 is 14.3 Å². The molecule has 0 amide bonds. The van der Waals surface area contributed by atoms with Crippen molar-refractivity contribution >= 4 is 23.2 Å². The van der Waals surface area contributed by atoms with Crippen molar-refractivity contribution in [3.63, 3.8) is 0 Å². The molecule has 182 valence electrons. The normalized spacial score (nSPS) is 24.7. The molecule has 2 aliphatic carbocycles. The predicted octanol–water partition coefficient (Wildman–Crippen LogP) is 5.81. The number of ether oxygens (including phenoxy) is 1. The fourth-order valence-electron chi connectivity index (χ4n) is 5.91. The van der Waals surface area contributed by atoms with E-state index in [9.17, 15) is 9.59 Å². The molecule has 0 aromatic heterocycles. The van der Waals surface area contributed by atoms with E-state index in [2.05, 4.69) is 36.4 Å². The molecule has 0 spiro atoms. The van der Waals surface area contributed by atoms with Crippen LogP contribution in [0.5, 0.6) is 0 Å². The molecule has 35 heavy (non-hydrogen) atoms. The van der Waals surface area contributed by atoms with Gasteiger partial charge in [0.25, 0.3) is 0 Å². The Morgan fingerprint density at radius 1 is 0.943 bits per heavy atom. The molecule has 1 unspecified atom stereocenters. The third kappa shape index (κ3) is 4.69. The van der Waals surface area contributed by atoms with Crippen molar-refractivity contribution in [2.24, 2.45) is 10.9 Å². The Morgan fingerprint density at radius 2 is 1.63 bits per heavy atom. The van der Waals surface area contributed by atoms with Gasteiger partial charge in [0.2, 0.25) is 0 Å². The molecule has 1 fully saturated rings. The number of rotatable bonds is 5. The number of aliphatic imine (C=N–C) groups is 1. The predicted molar refractivity (Wildman–Crippen MR) is 139 cm³/mol. The van der Waals surface area contributed by atoms with Crippen LogP contribution in [0.25, 0.3) is 0 Å². The lowest BCUT2D eigenvalue weighted by atomic mass is 9.69. The summed E-state index contributed by atoms with van der Waals surface area (Å²) in [4.78, 5) is 34.2. The monoisotopic (exact) mass is 470 g/mol. The summed E-state index contributed by atoms with van der Waals surface area (Å²) in [6, 6.07) is 18.4. The summed E-state index contributed by atoms with van der Waals surface area (Å²) in [6.45, 7) is 1.92. The first-order valence-corrected chi connectivity index (χ1v) is 12.8. The standard InChI is InChI=1S/C30H34N2O3/c1-19-27(30(34)35-24-11-7-8-12-24)28(21-13-15-23(16-14-21)32(2)3)29-25(31-19)17-22(18-26(29)33)20-9-5-4-6-10-20/h4-6,9-10,13-16,22,24,27-28H,7-8,11-12,17-18H2,1-3H3/t22-,27?,28-/m1/s1. The molecular weight excluding hydrogens is 436 g/mol. The van der Waals surface area contributed by atoms with Gasteiger partial charge < -0.3 is 9.64 Å². The quantitative estimate of drug-likeness (QED) is 0.517. The van der Waals surface area contributed by atoms with E-state index in [1.165, 1.54) is 0 Å².